The van der Waals surface area contributed by atoms with Crippen LogP contribution in [0.15, 0.2) is 16.3 Å². The first-order chi connectivity index (χ1) is 8.32. The second kappa shape index (κ2) is 4.88. The van der Waals surface area contributed by atoms with Gasteiger partial charge in [-0.15, -0.1) is 11.3 Å². The van der Waals surface area contributed by atoms with Gasteiger partial charge in [-0.05, 0) is 30.4 Å². The molecule has 2 unspecified atom stereocenters. The number of nitrogens with two attached hydrogens (primary N) is 1. The van der Waals surface area contributed by atoms with Crippen molar-refractivity contribution in [3.05, 3.63) is 17.0 Å². The van der Waals surface area contributed by atoms with E-state index in [9.17, 15) is 8.42 Å². The lowest BCUT2D eigenvalue weighted by molar-refractivity contribution is 0.446. The Kier molecular flexibility index (Phi) is 3.77. The SMILES string of the molecule is CC1CC1CN(C)S(=O)(=O)c1ccc(C(N)=S)s1. The van der Waals surface area contributed by atoms with Crippen LogP contribution in [0.25, 0.3) is 0 Å². The van der Waals surface area contributed by atoms with Crippen molar-refractivity contribution in [2.45, 2.75) is 17.6 Å². The second-order valence-corrected chi connectivity index (χ2v) is 8.54. The topological polar surface area (TPSA) is 63.4 Å². The molecule has 2 N–H and O–H groups in total. The summed E-state index contributed by atoms with van der Waals surface area (Å²) in [6, 6.07) is 3.23. The van der Waals surface area contributed by atoms with Gasteiger partial charge in [-0.1, -0.05) is 19.1 Å². The van der Waals surface area contributed by atoms with E-state index in [4.69, 9.17) is 18.0 Å². The van der Waals surface area contributed by atoms with Crippen molar-refractivity contribution >= 4 is 38.6 Å². The lowest BCUT2D eigenvalue weighted by Crippen LogP contribution is -2.28. The predicted molar refractivity (Wildman–Crippen MR) is 77.3 cm³/mol. The van der Waals surface area contributed by atoms with Gasteiger partial charge in [-0.3, -0.25) is 0 Å². The van der Waals surface area contributed by atoms with Crippen molar-refractivity contribution in [1.82, 2.24) is 4.31 Å². The van der Waals surface area contributed by atoms with Crippen LogP contribution in [0.4, 0.5) is 0 Å². The molecule has 0 saturated heterocycles. The van der Waals surface area contributed by atoms with E-state index in [1.165, 1.54) is 4.31 Å². The summed E-state index contributed by atoms with van der Waals surface area (Å²) in [6.45, 7) is 2.73. The van der Waals surface area contributed by atoms with Crippen molar-refractivity contribution in [2.24, 2.45) is 17.6 Å². The van der Waals surface area contributed by atoms with Crippen LogP contribution < -0.4 is 5.73 Å². The van der Waals surface area contributed by atoms with Crippen molar-refractivity contribution in [2.75, 3.05) is 13.6 Å². The molecule has 1 aromatic rings. The zero-order valence-electron chi connectivity index (χ0n) is 10.3. The zero-order valence-corrected chi connectivity index (χ0v) is 12.7. The van der Waals surface area contributed by atoms with Gasteiger partial charge >= 0.3 is 0 Å². The molecule has 1 aromatic heterocycles. The average molecular weight is 304 g/mol. The molecule has 7 heteroatoms. The van der Waals surface area contributed by atoms with E-state index in [1.807, 2.05) is 0 Å². The Morgan fingerprint density at radius 2 is 2.22 bits per heavy atom. The molecule has 2 rings (SSSR count). The number of thiophene rings is 1. The highest BCUT2D eigenvalue weighted by Crippen LogP contribution is 2.39. The van der Waals surface area contributed by atoms with Gasteiger partial charge in [0.2, 0.25) is 0 Å². The van der Waals surface area contributed by atoms with Crippen molar-refractivity contribution < 1.29 is 8.42 Å². The number of rotatable bonds is 5. The molecule has 18 heavy (non-hydrogen) atoms. The Bertz CT molecular complexity index is 565. The minimum atomic E-state index is -3.39. The van der Waals surface area contributed by atoms with Gasteiger partial charge in [0, 0.05) is 13.6 Å². The molecular weight excluding hydrogens is 288 g/mol. The van der Waals surface area contributed by atoms with Crippen molar-refractivity contribution in [3.8, 4) is 0 Å². The van der Waals surface area contributed by atoms with Gasteiger partial charge in [-0.2, -0.15) is 4.31 Å². The third kappa shape index (κ3) is 2.74. The number of sulfonamides is 1. The first-order valence-corrected chi connectivity index (χ1v) is 8.35. The van der Waals surface area contributed by atoms with Crippen LogP contribution in [0.5, 0.6) is 0 Å². The fourth-order valence-electron chi connectivity index (χ4n) is 1.83. The molecule has 1 heterocycles. The summed E-state index contributed by atoms with van der Waals surface area (Å²) in [5, 5.41) is 0. The van der Waals surface area contributed by atoms with Crippen molar-refractivity contribution in [1.29, 1.82) is 0 Å². The van der Waals surface area contributed by atoms with Crippen LogP contribution in [0, 0.1) is 11.8 Å². The molecule has 1 saturated carbocycles. The van der Waals surface area contributed by atoms with Crippen LogP contribution in [0.1, 0.15) is 18.2 Å². The number of thiocarbonyl (C=S) groups is 1. The molecule has 100 valence electrons. The lowest BCUT2D eigenvalue weighted by atomic mass is 10.3. The molecule has 0 aromatic carbocycles. The van der Waals surface area contributed by atoms with E-state index >= 15 is 0 Å². The third-order valence-electron chi connectivity index (χ3n) is 3.26. The number of hydrogen-bond donors (Lipinski definition) is 1. The Morgan fingerprint density at radius 1 is 1.61 bits per heavy atom. The molecule has 4 nitrogen and oxygen atoms in total. The fourth-order valence-corrected chi connectivity index (χ4v) is 4.62. The molecule has 0 radical (unpaired) electrons. The first-order valence-electron chi connectivity index (χ1n) is 5.68. The highest BCUT2D eigenvalue weighted by atomic mass is 32.2. The minimum absolute atomic E-state index is 0.236. The highest BCUT2D eigenvalue weighted by molar-refractivity contribution is 7.91. The summed E-state index contributed by atoms with van der Waals surface area (Å²) in [5.74, 6) is 1.14. The third-order valence-corrected chi connectivity index (χ3v) is 7.01. The van der Waals surface area contributed by atoms with E-state index in [2.05, 4.69) is 6.92 Å². The molecule has 1 aliphatic carbocycles. The van der Waals surface area contributed by atoms with Crippen LogP contribution in [-0.2, 0) is 10.0 Å². The maximum Gasteiger partial charge on any atom is 0.252 e. The molecule has 2 atom stereocenters. The van der Waals surface area contributed by atoms with E-state index in [0.29, 0.717) is 27.5 Å². The summed E-state index contributed by atoms with van der Waals surface area (Å²) in [4.78, 5) is 0.872. The van der Waals surface area contributed by atoms with Gasteiger partial charge in [0.05, 0.1) is 4.88 Å². The predicted octanol–water partition coefficient (Wildman–Crippen LogP) is 1.66. The molecule has 0 amide bonds. The van der Waals surface area contributed by atoms with Crippen LogP contribution in [-0.4, -0.2) is 31.3 Å². The quantitative estimate of drug-likeness (QED) is 0.840. The van der Waals surface area contributed by atoms with Crippen molar-refractivity contribution in [3.63, 3.8) is 0 Å². The van der Waals surface area contributed by atoms with Crippen LogP contribution in [0.2, 0.25) is 0 Å². The summed E-state index contributed by atoms with van der Waals surface area (Å²) in [7, 11) is -1.77. The molecule has 1 aliphatic rings. The number of nitrogens with zero attached hydrogens (tertiary/aromatic N) is 1. The zero-order chi connectivity index (χ0) is 13.5. The summed E-state index contributed by atoms with van der Waals surface area (Å²) >= 11 is 5.97. The molecule has 0 bridgehead atoms. The second-order valence-electron chi connectivity index (χ2n) is 4.74. The minimum Gasteiger partial charge on any atom is -0.389 e. The van der Waals surface area contributed by atoms with Crippen LogP contribution in [0.3, 0.4) is 0 Å². The lowest BCUT2D eigenvalue weighted by Gasteiger charge is -2.15. The maximum atomic E-state index is 12.3. The van der Waals surface area contributed by atoms with E-state index < -0.39 is 10.0 Å². The molecular formula is C11H16N2O2S3. The van der Waals surface area contributed by atoms with E-state index in [1.54, 1.807) is 19.2 Å². The molecule has 1 fully saturated rings. The van der Waals surface area contributed by atoms with Crippen LogP contribution >= 0.6 is 23.6 Å². The molecule has 0 aliphatic heterocycles. The van der Waals surface area contributed by atoms with Gasteiger partial charge in [0.1, 0.15) is 9.20 Å². The largest absolute Gasteiger partial charge is 0.389 e. The van der Waals surface area contributed by atoms with Gasteiger partial charge in [0.15, 0.2) is 0 Å². The van der Waals surface area contributed by atoms with E-state index in [0.717, 1.165) is 17.8 Å². The Hall–Kier alpha value is -0.500. The molecule has 0 spiro atoms. The van der Waals surface area contributed by atoms with Gasteiger partial charge in [0.25, 0.3) is 10.0 Å². The van der Waals surface area contributed by atoms with Gasteiger partial charge < -0.3 is 5.73 Å². The van der Waals surface area contributed by atoms with Gasteiger partial charge in [-0.25, -0.2) is 8.42 Å². The summed E-state index contributed by atoms with van der Waals surface area (Å²) in [5.41, 5.74) is 5.49. The first kappa shape index (κ1) is 13.9. The Balaban J connectivity index is 2.15. The summed E-state index contributed by atoms with van der Waals surface area (Å²) in [6.07, 6.45) is 1.11. The monoisotopic (exact) mass is 304 g/mol. The number of hydrogen-bond acceptors (Lipinski definition) is 4. The van der Waals surface area contributed by atoms with E-state index in [-0.39, 0.29) is 4.99 Å². The summed E-state index contributed by atoms with van der Waals surface area (Å²) < 4.78 is 26.3. The Labute approximate surface area is 117 Å². The average Bonchev–Trinajstić information content (AvgIpc) is 2.83. The maximum absolute atomic E-state index is 12.3. The highest BCUT2D eigenvalue weighted by Gasteiger charge is 2.36. The smallest absolute Gasteiger partial charge is 0.252 e. The normalized spacial score (nSPS) is 23.3. The fraction of sp³-hybridized carbons (Fsp3) is 0.545. The standard InChI is InChI=1S/C11H16N2O2S3/c1-7-5-8(7)6-13(2)18(14,15)10-4-3-9(17-10)11(12)16/h3-4,7-8H,5-6H2,1-2H3,(H2,12,16). The Morgan fingerprint density at radius 3 is 2.67 bits per heavy atom.